The van der Waals surface area contributed by atoms with E-state index in [1.165, 1.54) is 6.07 Å². The fraction of sp³-hybridized carbons (Fsp3) is 0.357. The molecule has 1 aromatic heterocycles. The molecule has 0 saturated heterocycles. The smallest absolute Gasteiger partial charge is 0.159 e. The summed E-state index contributed by atoms with van der Waals surface area (Å²) < 4.78 is 30.9. The summed E-state index contributed by atoms with van der Waals surface area (Å²) in [7, 11) is 0. The molecule has 20 heavy (non-hydrogen) atoms. The molecule has 108 valence electrons. The van der Waals surface area contributed by atoms with E-state index < -0.39 is 17.7 Å². The van der Waals surface area contributed by atoms with Crippen LogP contribution in [-0.2, 0) is 6.54 Å². The topological polar surface area (TPSA) is 58.3 Å². The highest BCUT2D eigenvalue weighted by Gasteiger charge is 2.12. The molecule has 0 aliphatic rings. The van der Waals surface area contributed by atoms with Gasteiger partial charge in [-0.15, -0.1) is 0 Å². The second-order valence-corrected chi connectivity index (χ2v) is 4.62. The molecular formula is C14H16F2N2O2. The van der Waals surface area contributed by atoms with E-state index in [2.05, 4.69) is 10.5 Å². The summed E-state index contributed by atoms with van der Waals surface area (Å²) in [5.74, 6) is -1.17. The van der Waals surface area contributed by atoms with Crippen molar-refractivity contribution in [3.63, 3.8) is 0 Å². The molecule has 1 atom stereocenters. The van der Waals surface area contributed by atoms with Gasteiger partial charge in [0.25, 0.3) is 0 Å². The van der Waals surface area contributed by atoms with Gasteiger partial charge in [-0.25, -0.2) is 8.78 Å². The van der Waals surface area contributed by atoms with Crippen molar-refractivity contribution in [2.75, 3.05) is 6.54 Å². The van der Waals surface area contributed by atoms with Crippen LogP contribution in [0.15, 0.2) is 22.7 Å². The third-order valence-corrected chi connectivity index (χ3v) is 3.15. The number of aliphatic hydroxyl groups excluding tert-OH is 1. The van der Waals surface area contributed by atoms with Crippen LogP contribution in [-0.4, -0.2) is 16.8 Å². The van der Waals surface area contributed by atoms with Crippen molar-refractivity contribution in [3.05, 3.63) is 52.4 Å². The molecule has 0 aliphatic carbocycles. The number of benzene rings is 1. The normalized spacial score (nSPS) is 12.7. The van der Waals surface area contributed by atoms with Crippen molar-refractivity contribution >= 4 is 0 Å². The number of nitrogens with one attached hydrogen (secondary N) is 1. The molecule has 0 bridgehead atoms. The lowest BCUT2D eigenvalue weighted by Crippen LogP contribution is -2.21. The molecule has 2 rings (SSSR count). The van der Waals surface area contributed by atoms with Gasteiger partial charge in [-0.3, -0.25) is 0 Å². The van der Waals surface area contributed by atoms with Crippen molar-refractivity contribution in [3.8, 4) is 0 Å². The van der Waals surface area contributed by atoms with Crippen molar-refractivity contribution in [2.24, 2.45) is 0 Å². The summed E-state index contributed by atoms with van der Waals surface area (Å²) in [6.07, 6.45) is -0.912. The van der Waals surface area contributed by atoms with Gasteiger partial charge in [-0.1, -0.05) is 11.2 Å². The molecule has 1 heterocycles. The molecular weight excluding hydrogens is 266 g/mol. The zero-order valence-electron chi connectivity index (χ0n) is 11.3. The second kappa shape index (κ2) is 6.11. The molecule has 0 fully saturated rings. The van der Waals surface area contributed by atoms with Crippen molar-refractivity contribution in [2.45, 2.75) is 26.5 Å². The van der Waals surface area contributed by atoms with Crippen molar-refractivity contribution in [1.29, 1.82) is 0 Å². The monoisotopic (exact) mass is 282 g/mol. The largest absolute Gasteiger partial charge is 0.387 e. The SMILES string of the molecule is Cc1noc(C)c1CNCC(O)c1ccc(F)c(F)c1. The molecule has 0 aliphatic heterocycles. The van der Waals surface area contributed by atoms with Gasteiger partial charge in [-0.2, -0.15) is 0 Å². The minimum Gasteiger partial charge on any atom is -0.387 e. The standard InChI is InChI=1S/C14H16F2N2O2/c1-8-11(9(2)20-18-8)6-17-7-14(19)10-3-4-12(15)13(16)5-10/h3-5,14,17,19H,6-7H2,1-2H3. The minimum absolute atomic E-state index is 0.217. The van der Waals surface area contributed by atoms with Gasteiger partial charge in [0.2, 0.25) is 0 Å². The van der Waals surface area contributed by atoms with Gasteiger partial charge in [0, 0.05) is 18.7 Å². The Hall–Kier alpha value is -1.79. The van der Waals surface area contributed by atoms with Crippen molar-refractivity contribution < 1.29 is 18.4 Å². The van der Waals surface area contributed by atoms with E-state index in [9.17, 15) is 13.9 Å². The Kier molecular flexibility index (Phi) is 4.46. The zero-order valence-corrected chi connectivity index (χ0v) is 11.3. The average molecular weight is 282 g/mol. The van der Waals surface area contributed by atoms with E-state index in [1.54, 1.807) is 0 Å². The number of rotatable bonds is 5. The molecule has 4 nitrogen and oxygen atoms in total. The first-order valence-corrected chi connectivity index (χ1v) is 6.24. The Labute approximate surface area is 115 Å². The van der Waals surface area contributed by atoms with Crippen LogP contribution in [0.5, 0.6) is 0 Å². The summed E-state index contributed by atoms with van der Waals surface area (Å²) >= 11 is 0. The van der Waals surface area contributed by atoms with Crippen LogP contribution in [0, 0.1) is 25.5 Å². The first-order chi connectivity index (χ1) is 9.49. The quantitative estimate of drug-likeness (QED) is 0.884. The van der Waals surface area contributed by atoms with Crippen molar-refractivity contribution in [1.82, 2.24) is 10.5 Å². The maximum absolute atomic E-state index is 13.1. The predicted molar refractivity (Wildman–Crippen MR) is 69.0 cm³/mol. The van der Waals surface area contributed by atoms with E-state index in [1.807, 2.05) is 13.8 Å². The van der Waals surface area contributed by atoms with Crippen LogP contribution in [0.1, 0.15) is 28.7 Å². The van der Waals surface area contributed by atoms with Crippen LogP contribution < -0.4 is 5.32 Å². The van der Waals surface area contributed by atoms with E-state index in [0.29, 0.717) is 12.1 Å². The van der Waals surface area contributed by atoms with Gasteiger partial charge in [-0.05, 0) is 31.5 Å². The number of halogens is 2. The summed E-state index contributed by atoms with van der Waals surface area (Å²) in [5, 5.41) is 16.8. The summed E-state index contributed by atoms with van der Waals surface area (Å²) in [4.78, 5) is 0. The van der Waals surface area contributed by atoms with E-state index in [4.69, 9.17) is 4.52 Å². The van der Waals surface area contributed by atoms with Crippen LogP contribution >= 0.6 is 0 Å². The predicted octanol–water partition coefficient (Wildman–Crippen LogP) is 2.39. The van der Waals surface area contributed by atoms with Gasteiger partial charge in [0.15, 0.2) is 11.6 Å². The maximum Gasteiger partial charge on any atom is 0.159 e. The highest BCUT2D eigenvalue weighted by molar-refractivity contribution is 5.22. The Bertz CT molecular complexity index is 579. The highest BCUT2D eigenvalue weighted by atomic mass is 19.2. The summed E-state index contributed by atoms with van der Waals surface area (Å²) in [6, 6.07) is 3.36. The lowest BCUT2D eigenvalue weighted by Gasteiger charge is -2.12. The fourth-order valence-electron chi connectivity index (χ4n) is 1.93. The number of aromatic nitrogens is 1. The molecule has 0 radical (unpaired) electrons. The third-order valence-electron chi connectivity index (χ3n) is 3.15. The molecule has 1 unspecified atom stereocenters. The lowest BCUT2D eigenvalue weighted by atomic mass is 10.1. The van der Waals surface area contributed by atoms with E-state index >= 15 is 0 Å². The van der Waals surface area contributed by atoms with E-state index in [0.717, 1.165) is 29.2 Å². The number of hydrogen-bond acceptors (Lipinski definition) is 4. The molecule has 6 heteroatoms. The first kappa shape index (κ1) is 14.6. The molecule has 0 amide bonds. The molecule has 0 spiro atoms. The lowest BCUT2D eigenvalue weighted by molar-refractivity contribution is 0.173. The van der Waals surface area contributed by atoms with Crippen LogP contribution in [0.4, 0.5) is 8.78 Å². The molecule has 1 aromatic carbocycles. The third kappa shape index (κ3) is 3.20. The fourth-order valence-corrected chi connectivity index (χ4v) is 1.93. The van der Waals surface area contributed by atoms with Crippen LogP contribution in [0.3, 0.4) is 0 Å². The number of aliphatic hydroxyl groups is 1. The zero-order chi connectivity index (χ0) is 14.7. The average Bonchev–Trinajstić information content (AvgIpc) is 2.73. The number of hydrogen-bond donors (Lipinski definition) is 2. The van der Waals surface area contributed by atoms with Gasteiger partial charge in [0.05, 0.1) is 11.8 Å². The number of aryl methyl sites for hydroxylation is 2. The van der Waals surface area contributed by atoms with Crippen LogP contribution in [0.25, 0.3) is 0 Å². The maximum atomic E-state index is 13.1. The second-order valence-electron chi connectivity index (χ2n) is 4.62. The van der Waals surface area contributed by atoms with Gasteiger partial charge < -0.3 is 14.9 Å². The Morgan fingerprint density at radius 3 is 2.65 bits per heavy atom. The Balaban J connectivity index is 1.92. The molecule has 2 N–H and O–H groups in total. The molecule has 2 aromatic rings. The Morgan fingerprint density at radius 2 is 2.05 bits per heavy atom. The number of nitrogens with zero attached hydrogens (tertiary/aromatic N) is 1. The summed E-state index contributed by atoms with van der Waals surface area (Å²) in [6.45, 7) is 4.35. The summed E-state index contributed by atoms with van der Waals surface area (Å²) in [5.41, 5.74) is 2.05. The Morgan fingerprint density at radius 1 is 1.30 bits per heavy atom. The first-order valence-electron chi connectivity index (χ1n) is 6.24. The van der Waals surface area contributed by atoms with Crippen LogP contribution in [0.2, 0.25) is 0 Å². The van der Waals surface area contributed by atoms with E-state index in [-0.39, 0.29) is 6.54 Å². The molecule has 0 saturated carbocycles. The van der Waals surface area contributed by atoms with Gasteiger partial charge >= 0.3 is 0 Å². The minimum atomic E-state index is -0.965. The highest BCUT2D eigenvalue weighted by Crippen LogP contribution is 2.16. The van der Waals surface area contributed by atoms with Gasteiger partial charge in [0.1, 0.15) is 5.76 Å².